The summed E-state index contributed by atoms with van der Waals surface area (Å²) < 4.78 is 6.19. The van der Waals surface area contributed by atoms with Crippen molar-refractivity contribution in [3.05, 3.63) is 77.9 Å². The van der Waals surface area contributed by atoms with E-state index in [0.29, 0.717) is 6.61 Å². The number of unbranched alkanes of at least 4 members (excludes halogenated alkanes) is 2. The summed E-state index contributed by atoms with van der Waals surface area (Å²) >= 11 is 0. The largest absolute Gasteiger partial charge is 0.489 e. The SMILES string of the molecule is C=CCc1c(OCc2ccccc2)cccc1[C@@H](C)C#CCC[C@@H](CP)CCCCC. The van der Waals surface area contributed by atoms with E-state index in [1.165, 1.54) is 55.0 Å². The molecule has 0 N–H and O–H groups in total. The zero-order chi connectivity index (χ0) is 22.3. The minimum absolute atomic E-state index is 0.185. The van der Waals surface area contributed by atoms with E-state index in [2.05, 4.69) is 71.8 Å². The molecule has 0 aliphatic rings. The van der Waals surface area contributed by atoms with Gasteiger partial charge in [-0.05, 0) is 49.0 Å². The van der Waals surface area contributed by atoms with Crippen LogP contribution >= 0.6 is 9.24 Å². The van der Waals surface area contributed by atoms with Crippen LogP contribution in [0.3, 0.4) is 0 Å². The minimum Gasteiger partial charge on any atom is -0.489 e. The molecular weight excluding hydrogens is 395 g/mol. The first-order valence-electron chi connectivity index (χ1n) is 11.8. The Morgan fingerprint density at radius 1 is 1.06 bits per heavy atom. The summed E-state index contributed by atoms with van der Waals surface area (Å²) in [7, 11) is 2.92. The molecule has 31 heavy (non-hydrogen) atoms. The Morgan fingerprint density at radius 3 is 2.58 bits per heavy atom. The Hall–Kier alpha value is -2.03. The summed E-state index contributed by atoms with van der Waals surface area (Å²) in [6.45, 7) is 9.00. The second kappa shape index (κ2) is 14.9. The third-order valence-corrected chi connectivity index (χ3v) is 6.43. The van der Waals surface area contributed by atoms with Gasteiger partial charge in [0.15, 0.2) is 0 Å². The first kappa shape index (κ1) is 25.2. The first-order chi connectivity index (χ1) is 15.2. The molecule has 0 saturated carbocycles. The van der Waals surface area contributed by atoms with Gasteiger partial charge in [-0.1, -0.05) is 87.1 Å². The fourth-order valence-electron chi connectivity index (χ4n) is 3.86. The fourth-order valence-corrected chi connectivity index (χ4v) is 4.34. The van der Waals surface area contributed by atoms with Crippen LogP contribution in [0.2, 0.25) is 0 Å². The molecule has 2 aromatic rings. The molecule has 0 saturated heterocycles. The van der Waals surface area contributed by atoms with Crippen molar-refractivity contribution in [3.63, 3.8) is 0 Å². The fraction of sp³-hybridized carbons (Fsp3) is 0.448. The number of ether oxygens (including phenoxy) is 1. The van der Waals surface area contributed by atoms with Gasteiger partial charge in [0.2, 0.25) is 0 Å². The van der Waals surface area contributed by atoms with Crippen LogP contribution in [0.25, 0.3) is 0 Å². The molecule has 0 heterocycles. The summed E-state index contributed by atoms with van der Waals surface area (Å²) in [5, 5.41) is 0. The molecule has 0 aliphatic heterocycles. The third-order valence-electron chi connectivity index (χ3n) is 5.77. The van der Waals surface area contributed by atoms with Gasteiger partial charge < -0.3 is 4.74 Å². The average molecular weight is 435 g/mol. The van der Waals surface area contributed by atoms with Crippen LogP contribution in [-0.2, 0) is 13.0 Å². The van der Waals surface area contributed by atoms with Crippen LogP contribution in [0.5, 0.6) is 5.75 Å². The molecule has 1 nitrogen and oxygen atoms in total. The van der Waals surface area contributed by atoms with Gasteiger partial charge in [0.1, 0.15) is 12.4 Å². The standard InChI is InChI=1S/C29H39OP/c1-4-6-8-18-26(23-31)19-12-11-15-24(3)27-20-13-21-29(28(27)14-5-2)30-22-25-16-9-7-10-17-25/h5,7,9-10,13,16-17,20-21,24,26H,2,4,6,8,12,14,18-19,22-23,31H2,1,3H3/t24-,26-/m0/s1. The predicted molar refractivity (Wildman–Crippen MR) is 139 cm³/mol. The third kappa shape index (κ3) is 8.93. The molecule has 0 bridgehead atoms. The van der Waals surface area contributed by atoms with E-state index >= 15 is 0 Å². The molecule has 1 unspecified atom stereocenters. The predicted octanol–water partition coefficient (Wildman–Crippen LogP) is 7.95. The number of hydrogen-bond acceptors (Lipinski definition) is 1. The summed E-state index contributed by atoms with van der Waals surface area (Å²) in [5.41, 5.74) is 3.63. The van der Waals surface area contributed by atoms with Gasteiger partial charge in [-0.15, -0.1) is 21.7 Å². The number of hydrogen-bond donors (Lipinski definition) is 0. The monoisotopic (exact) mass is 434 g/mol. The van der Waals surface area contributed by atoms with Crippen LogP contribution < -0.4 is 4.74 Å². The van der Waals surface area contributed by atoms with Crippen molar-refractivity contribution in [2.75, 3.05) is 6.16 Å². The lowest BCUT2D eigenvalue weighted by Crippen LogP contribution is -2.03. The summed E-state index contributed by atoms with van der Waals surface area (Å²) in [6, 6.07) is 16.6. The lowest BCUT2D eigenvalue weighted by atomic mass is 9.93. The van der Waals surface area contributed by atoms with Crippen molar-refractivity contribution in [2.24, 2.45) is 5.92 Å². The Kier molecular flexibility index (Phi) is 12.1. The molecule has 0 spiro atoms. The number of rotatable bonds is 13. The van der Waals surface area contributed by atoms with Gasteiger partial charge in [-0.2, -0.15) is 0 Å². The van der Waals surface area contributed by atoms with Gasteiger partial charge >= 0.3 is 0 Å². The normalized spacial score (nSPS) is 12.5. The smallest absolute Gasteiger partial charge is 0.123 e. The Bertz CT molecular complexity index is 831. The first-order valence-corrected chi connectivity index (χ1v) is 12.6. The van der Waals surface area contributed by atoms with E-state index in [-0.39, 0.29) is 5.92 Å². The molecule has 0 radical (unpaired) electrons. The van der Waals surface area contributed by atoms with Crippen LogP contribution in [0.15, 0.2) is 61.2 Å². The summed E-state index contributed by atoms with van der Waals surface area (Å²) in [6.07, 6.45) is 11.4. The Labute approximate surface area is 192 Å². The lowest BCUT2D eigenvalue weighted by molar-refractivity contribution is 0.303. The lowest BCUT2D eigenvalue weighted by Gasteiger charge is -2.17. The van der Waals surface area contributed by atoms with Crippen molar-refractivity contribution < 1.29 is 4.74 Å². The molecule has 0 aromatic heterocycles. The highest BCUT2D eigenvalue weighted by Gasteiger charge is 2.13. The van der Waals surface area contributed by atoms with Gasteiger partial charge in [-0.3, -0.25) is 0 Å². The highest BCUT2D eigenvalue weighted by Crippen LogP contribution is 2.29. The quantitative estimate of drug-likeness (QED) is 0.134. The molecular formula is C29H39OP. The molecule has 3 atom stereocenters. The Morgan fingerprint density at radius 2 is 1.87 bits per heavy atom. The van der Waals surface area contributed by atoms with Gasteiger partial charge in [0, 0.05) is 17.9 Å². The summed E-state index contributed by atoms with van der Waals surface area (Å²) in [5.74, 6) is 8.87. The van der Waals surface area contributed by atoms with Gasteiger partial charge in [0.05, 0.1) is 0 Å². The molecule has 0 fully saturated rings. The van der Waals surface area contributed by atoms with E-state index in [9.17, 15) is 0 Å². The maximum Gasteiger partial charge on any atom is 0.123 e. The van der Waals surface area contributed by atoms with Crippen LogP contribution in [0.1, 0.15) is 75.0 Å². The highest BCUT2D eigenvalue weighted by atomic mass is 31.0. The van der Waals surface area contributed by atoms with Crippen molar-refractivity contribution in [1.82, 2.24) is 0 Å². The van der Waals surface area contributed by atoms with E-state index in [4.69, 9.17) is 4.74 Å². The van der Waals surface area contributed by atoms with E-state index in [1.807, 2.05) is 24.3 Å². The van der Waals surface area contributed by atoms with Gasteiger partial charge in [-0.25, -0.2) is 0 Å². The number of benzene rings is 2. The molecule has 0 amide bonds. The van der Waals surface area contributed by atoms with E-state index in [1.54, 1.807) is 0 Å². The van der Waals surface area contributed by atoms with E-state index in [0.717, 1.165) is 24.5 Å². The molecule has 2 aromatic carbocycles. The number of allylic oxidation sites excluding steroid dienone is 1. The minimum atomic E-state index is 0.185. The summed E-state index contributed by atoms with van der Waals surface area (Å²) in [4.78, 5) is 0. The van der Waals surface area contributed by atoms with Crippen molar-refractivity contribution in [3.8, 4) is 17.6 Å². The van der Waals surface area contributed by atoms with E-state index < -0.39 is 0 Å². The highest BCUT2D eigenvalue weighted by molar-refractivity contribution is 7.16. The zero-order valence-corrected chi connectivity index (χ0v) is 20.6. The second-order valence-electron chi connectivity index (χ2n) is 8.27. The maximum absolute atomic E-state index is 6.19. The zero-order valence-electron chi connectivity index (χ0n) is 19.4. The van der Waals surface area contributed by atoms with Gasteiger partial charge in [0.25, 0.3) is 0 Å². The van der Waals surface area contributed by atoms with Crippen molar-refractivity contribution in [1.29, 1.82) is 0 Å². The topological polar surface area (TPSA) is 9.23 Å². The molecule has 0 aliphatic carbocycles. The molecule has 2 rings (SSSR count). The maximum atomic E-state index is 6.19. The van der Waals surface area contributed by atoms with Crippen molar-refractivity contribution >= 4 is 9.24 Å². The molecule has 166 valence electrons. The average Bonchev–Trinajstić information content (AvgIpc) is 2.80. The van der Waals surface area contributed by atoms with Crippen LogP contribution in [-0.4, -0.2) is 6.16 Å². The van der Waals surface area contributed by atoms with Crippen LogP contribution in [0.4, 0.5) is 0 Å². The van der Waals surface area contributed by atoms with Crippen LogP contribution in [0, 0.1) is 17.8 Å². The Balaban J connectivity index is 2.02. The molecule has 2 heteroatoms. The second-order valence-corrected chi connectivity index (χ2v) is 8.74. The van der Waals surface area contributed by atoms with Crippen molar-refractivity contribution in [2.45, 2.75) is 71.3 Å².